The van der Waals surface area contributed by atoms with E-state index in [2.05, 4.69) is 20.3 Å². The van der Waals surface area contributed by atoms with Gasteiger partial charge in [0.05, 0.1) is 17.8 Å². The maximum atomic E-state index is 12.7. The Morgan fingerprint density at radius 1 is 1.18 bits per heavy atom. The average Bonchev–Trinajstić information content (AvgIpc) is 3.15. The SMILES string of the molecule is Cc1onc(-c2ccc(C(F)(F)F)nc2)c1COc1cc2c(nn1)CN(C(=O)C(F)(F)F)CC2. The van der Waals surface area contributed by atoms with Crippen LogP contribution in [0.1, 0.15) is 28.3 Å². The molecule has 1 aliphatic rings. The van der Waals surface area contributed by atoms with E-state index in [4.69, 9.17) is 9.26 Å². The Morgan fingerprint density at radius 3 is 2.59 bits per heavy atom. The molecule has 1 amide bonds. The van der Waals surface area contributed by atoms with E-state index in [-0.39, 0.29) is 48.9 Å². The van der Waals surface area contributed by atoms with Gasteiger partial charge in [-0.05, 0) is 31.0 Å². The fraction of sp³-hybridized carbons (Fsp3) is 0.350. The first kappa shape index (κ1) is 23.4. The summed E-state index contributed by atoms with van der Waals surface area (Å²) in [6.07, 6.45) is -8.38. The Labute approximate surface area is 187 Å². The number of carbonyl (C=O) groups is 1. The highest BCUT2D eigenvalue weighted by atomic mass is 19.4. The van der Waals surface area contributed by atoms with Crippen molar-refractivity contribution in [3.05, 3.63) is 52.7 Å². The highest BCUT2D eigenvalue weighted by Crippen LogP contribution is 2.31. The van der Waals surface area contributed by atoms with Crippen LogP contribution >= 0.6 is 0 Å². The standard InChI is InChI=1S/C20H15F6N5O3/c1-10-13(17(30-34-10)12-2-3-15(27-7-12)19(21,22)23)9-33-16-6-11-4-5-31(8-14(11)28-29-16)18(32)20(24,25)26/h2-3,6-7H,4-5,8-9H2,1H3. The van der Waals surface area contributed by atoms with E-state index in [9.17, 15) is 31.1 Å². The molecule has 14 heteroatoms. The zero-order chi connectivity index (χ0) is 24.7. The summed E-state index contributed by atoms with van der Waals surface area (Å²) in [5.41, 5.74) is 0.747. The fourth-order valence-electron chi connectivity index (χ4n) is 3.36. The van der Waals surface area contributed by atoms with Gasteiger partial charge in [-0.3, -0.25) is 9.78 Å². The van der Waals surface area contributed by atoms with Crippen LogP contribution in [0.25, 0.3) is 11.3 Å². The second-order valence-corrected chi connectivity index (χ2v) is 7.41. The van der Waals surface area contributed by atoms with Crippen LogP contribution in [0, 0.1) is 6.92 Å². The topological polar surface area (TPSA) is 94.2 Å². The van der Waals surface area contributed by atoms with E-state index in [1.54, 1.807) is 6.92 Å². The first-order valence-electron chi connectivity index (χ1n) is 9.76. The molecule has 0 saturated heterocycles. The molecule has 0 bridgehead atoms. The van der Waals surface area contributed by atoms with Crippen LogP contribution in [0.5, 0.6) is 5.88 Å². The Hall–Kier alpha value is -3.71. The molecule has 0 aromatic carbocycles. The van der Waals surface area contributed by atoms with Gasteiger partial charge >= 0.3 is 18.3 Å². The van der Waals surface area contributed by atoms with Gasteiger partial charge in [-0.1, -0.05) is 5.16 Å². The van der Waals surface area contributed by atoms with E-state index < -0.39 is 24.0 Å². The number of amides is 1. The normalized spacial score (nSPS) is 14.1. The smallest absolute Gasteiger partial charge is 0.471 e. The maximum Gasteiger partial charge on any atom is 0.471 e. The lowest BCUT2D eigenvalue weighted by molar-refractivity contribution is -0.186. The summed E-state index contributed by atoms with van der Waals surface area (Å²) >= 11 is 0. The van der Waals surface area contributed by atoms with Gasteiger partial charge in [-0.15, -0.1) is 10.2 Å². The minimum absolute atomic E-state index is 0.0754. The first-order valence-corrected chi connectivity index (χ1v) is 9.76. The summed E-state index contributed by atoms with van der Waals surface area (Å²) in [5.74, 6) is -1.50. The summed E-state index contributed by atoms with van der Waals surface area (Å²) in [7, 11) is 0. The molecule has 180 valence electrons. The number of alkyl halides is 6. The number of hydrogen-bond acceptors (Lipinski definition) is 7. The number of halogens is 6. The maximum absolute atomic E-state index is 12.7. The highest BCUT2D eigenvalue weighted by Gasteiger charge is 2.43. The number of fused-ring (bicyclic) bond motifs is 1. The van der Waals surface area contributed by atoms with Crippen molar-refractivity contribution in [3.8, 4) is 17.1 Å². The van der Waals surface area contributed by atoms with Crippen LogP contribution in [0.4, 0.5) is 26.3 Å². The molecule has 0 aliphatic carbocycles. The monoisotopic (exact) mass is 487 g/mol. The molecule has 0 atom stereocenters. The van der Waals surface area contributed by atoms with Gasteiger partial charge in [0.2, 0.25) is 5.88 Å². The van der Waals surface area contributed by atoms with Crippen molar-refractivity contribution in [1.29, 1.82) is 0 Å². The van der Waals surface area contributed by atoms with E-state index in [1.165, 1.54) is 12.1 Å². The van der Waals surface area contributed by atoms with Gasteiger partial charge in [-0.2, -0.15) is 26.3 Å². The second kappa shape index (κ2) is 8.57. The summed E-state index contributed by atoms with van der Waals surface area (Å²) < 4.78 is 87.0. The molecule has 0 spiro atoms. The molecular weight excluding hydrogens is 472 g/mol. The van der Waals surface area contributed by atoms with E-state index >= 15 is 0 Å². The van der Waals surface area contributed by atoms with Crippen LogP contribution in [0.3, 0.4) is 0 Å². The summed E-state index contributed by atoms with van der Waals surface area (Å²) in [5, 5.41) is 11.6. The number of aromatic nitrogens is 4. The van der Waals surface area contributed by atoms with Gasteiger partial charge in [0, 0.05) is 24.4 Å². The van der Waals surface area contributed by atoms with Crippen molar-refractivity contribution in [1.82, 2.24) is 25.2 Å². The minimum atomic E-state index is -4.97. The number of carbonyl (C=O) groups excluding carboxylic acids is 1. The highest BCUT2D eigenvalue weighted by molar-refractivity contribution is 5.82. The molecule has 0 fully saturated rings. The third-order valence-electron chi connectivity index (χ3n) is 5.14. The van der Waals surface area contributed by atoms with Crippen LogP contribution in [-0.4, -0.2) is 43.9 Å². The van der Waals surface area contributed by atoms with Crippen LogP contribution < -0.4 is 4.74 Å². The molecule has 1 aliphatic heterocycles. The lowest BCUT2D eigenvalue weighted by Crippen LogP contribution is -2.44. The first-order chi connectivity index (χ1) is 15.9. The fourth-order valence-corrected chi connectivity index (χ4v) is 3.36. The predicted octanol–water partition coefficient (Wildman–Crippen LogP) is 3.88. The number of hydrogen-bond donors (Lipinski definition) is 0. The van der Waals surface area contributed by atoms with Gasteiger partial charge in [0.15, 0.2) is 0 Å². The molecule has 0 radical (unpaired) electrons. The largest absolute Gasteiger partial charge is 0.471 e. The molecule has 0 N–H and O–H groups in total. The number of aryl methyl sites for hydroxylation is 1. The van der Waals surface area contributed by atoms with Gasteiger partial charge < -0.3 is 14.2 Å². The van der Waals surface area contributed by atoms with Crippen molar-refractivity contribution in [2.45, 2.75) is 38.8 Å². The van der Waals surface area contributed by atoms with Crippen molar-refractivity contribution >= 4 is 5.91 Å². The molecular formula is C20H15F6N5O3. The molecule has 3 aromatic heterocycles. The van der Waals surface area contributed by atoms with Crippen LogP contribution in [0.2, 0.25) is 0 Å². The Bertz CT molecular complexity index is 1210. The average molecular weight is 487 g/mol. The molecule has 34 heavy (non-hydrogen) atoms. The Kier molecular flexibility index (Phi) is 5.91. The zero-order valence-electron chi connectivity index (χ0n) is 17.4. The lowest BCUT2D eigenvalue weighted by atomic mass is 10.1. The van der Waals surface area contributed by atoms with Crippen molar-refractivity contribution in [3.63, 3.8) is 0 Å². The third-order valence-corrected chi connectivity index (χ3v) is 5.14. The predicted molar refractivity (Wildman–Crippen MR) is 101 cm³/mol. The molecule has 0 saturated carbocycles. The minimum Gasteiger partial charge on any atom is -0.471 e. The number of rotatable bonds is 4. The van der Waals surface area contributed by atoms with Crippen LogP contribution in [0.15, 0.2) is 28.9 Å². The summed E-state index contributed by atoms with van der Waals surface area (Å²) in [6, 6.07) is 3.55. The molecule has 4 heterocycles. The summed E-state index contributed by atoms with van der Waals surface area (Å²) in [6.45, 7) is 1.03. The summed E-state index contributed by atoms with van der Waals surface area (Å²) in [4.78, 5) is 15.5. The van der Waals surface area contributed by atoms with Gasteiger partial charge in [0.25, 0.3) is 0 Å². The van der Waals surface area contributed by atoms with E-state index in [0.717, 1.165) is 12.3 Å². The van der Waals surface area contributed by atoms with Gasteiger partial charge in [-0.25, -0.2) is 0 Å². The van der Waals surface area contributed by atoms with Crippen molar-refractivity contribution in [2.75, 3.05) is 6.54 Å². The third kappa shape index (κ3) is 4.79. The number of nitrogens with zero attached hydrogens (tertiary/aromatic N) is 5. The van der Waals surface area contributed by atoms with Crippen molar-refractivity contribution < 1.29 is 40.4 Å². The van der Waals surface area contributed by atoms with Crippen molar-refractivity contribution in [2.24, 2.45) is 0 Å². The Balaban J connectivity index is 1.47. The number of pyridine rings is 1. The van der Waals surface area contributed by atoms with Crippen LogP contribution in [-0.2, 0) is 30.5 Å². The Morgan fingerprint density at radius 2 is 1.94 bits per heavy atom. The lowest BCUT2D eigenvalue weighted by Gasteiger charge is -2.28. The molecule has 0 unspecified atom stereocenters. The quantitative estimate of drug-likeness (QED) is 0.516. The zero-order valence-corrected chi connectivity index (χ0v) is 17.4. The van der Waals surface area contributed by atoms with Gasteiger partial charge in [0.1, 0.15) is 23.8 Å². The molecule has 8 nitrogen and oxygen atoms in total. The van der Waals surface area contributed by atoms with E-state index in [0.29, 0.717) is 21.8 Å². The molecule has 4 rings (SSSR count). The molecule has 3 aromatic rings. The van der Waals surface area contributed by atoms with E-state index in [1.807, 2.05) is 0 Å². The second-order valence-electron chi connectivity index (χ2n) is 7.41. The number of ether oxygens (including phenoxy) is 1.